The van der Waals surface area contributed by atoms with Gasteiger partial charge in [0, 0.05) is 0 Å². The van der Waals surface area contributed by atoms with Gasteiger partial charge in [0.25, 0.3) is 0 Å². The number of hydrogen-bond donors (Lipinski definition) is 1. The summed E-state index contributed by atoms with van der Waals surface area (Å²) >= 11 is 0. The average molecular weight is 205 g/mol. The van der Waals surface area contributed by atoms with Crippen molar-refractivity contribution in [3.8, 4) is 5.75 Å². The lowest BCUT2D eigenvalue weighted by molar-refractivity contribution is 0.216. The van der Waals surface area contributed by atoms with Crippen molar-refractivity contribution in [1.82, 2.24) is 0 Å². The first-order chi connectivity index (χ1) is 7.29. The number of ether oxygens (including phenoxy) is 1. The van der Waals surface area contributed by atoms with E-state index in [9.17, 15) is 0 Å². The Hall–Kier alpha value is -1.02. The summed E-state index contributed by atoms with van der Waals surface area (Å²) in [4.78, 5) is 0. The highest BCUT2D eigenvalue weighted by atomic mass is 16.5. The molecule has 0 aliphatic carbocycles. The fourth-order valence-electron chi connectivity index (χ4n) is 2.12. The van der Waals surface area contributed by atoms with Gasteiger partial charge in [0.15, 0.2) is 0 Å². The Labute approximate surface area is 91.4 Å². The van der Waals surface area contributed by atoms with Crippen LogP contribution in [-0.2, 0) is 12.8 Å². The van der Waals surface area contributed by atoms with E-state index in [0.717, 1.165) is 31.6 Å². The molecule has 0 spiro atoms. The van der Waals surface area contributed by atoms with E-state index >= 15 is 0 Å². The molecule has 0 bridgehead atoms. The van der Waals surface area contributed by atoms with Crippen molar-refractivity contribution in [1.29, 1.82) is 0 Å². The molecule has 1 aromatic carbocycles. The number of fused-ring (bicyclic) bond motifs is 1. The average Bonchev–Trinajstić information content (AvgIpc) is 2.39. The number of rotatable bonds is 2. The highest BCUT2D eigenvalue weighted by molar-refractivity contribution is 5.38. The molecule has 0 aromatic heterocycles. The first kappa shape index (κ1) is 10.5. The topological polar surface area (TPSA) is 35.2 Å². The van der Waals surface area contributed by atoms with Crippen LogP contribution in [-0.4, -0.2) is 12.6 Å². The molecule has 15 heavy (non-hydrogen) atoms. The molecule has 0 saturated heterocycles. The minimum absolute atomic E-state index is 0.353. The lowest BCUT2D eigenvalue weighted by atomic mass is 10.0. The summed E-state index contributed by atoms with van der Waals surface area (Å²) in [5.41, 5.74) is 8.24. The summed E-state index contributed by atoms with van der Waals surface area (Å²) < 4.78 is 5.86. The molecule has 1 heterocycles. The van der Waals surface area contributed by atoms with Crippen LogP contribution in [0.4, 0.5) is 0 Å². The Morgan fingerprint density at radius 3 is 3.13 bits per heavy atom. The molecular formula is C13H19NO. The first-order valence-corrected chi connectivity index (χ1v) is 5.78. The smallest absolute Gasteiger partial charge is 0.122 e. The van der Waals surface area contributed by atoms with Gasteiger partial charge in [0.05, 0.1) is 6.10 Å². The normalized spacial score (nSPS) is 20.3. The second-order valence-electron chi connectivity index (χ2n) is 4.30. The lowest BCUT2D eigenvalue weighted by Gasteiger charge is -2.13. The summed E-state index contributed by atoms with van der Waals surface area (Å²) in [7, 11) is 0. The van der Waals surface area contributed by atoms with Crippen molar-refractivity contribution in [2.24, 2.45) is 5.73 Å². The van der Waals surface area contributed by atoms with Crippen LogP contribution in [0.15, 0.2) is 18.2 Å². The molecule has 0 radical (unpaired) electrons. The van der Waals surface area contributed by atoms with Crippen molar-refractivity contribution in [2.75, 3.05) is 6.54 Å². The maximum Gasteiger partial charge on any atom is 0.122 e. The van der Waals surface area contributed by atoms with E-state index in [4.69, 9.17) is 10.5 Å². The maximum absolute atomic E-state index is 5.86. The molecular weight excluding hydrogens is 186 g/mol. The monoisotopic (exact) mass is 205 g/mol. The minimum atomic E-state index is 0.353. The third kappa shape index (κ3) is 2.51. The van der Waals surface area contributed by atoms with Gasteiger partial charge in [-0.25, -0.2) is 0 Å². The summed E-state index contributed by atoms with van der Waals surface area (Å²) in [5.74, 6) is 1.07. The van der Waals surface area contributed by atoms with E-state index in [1.807, 2.05) is 0 Å². The SMILES string of the molecule is CC1CCCc2cc(CCN)ccc2O1. The van der Waals surface area contributed by atoms with Crippen LogP contribution >= 0.6 is 0 Å². The van der Waals surface area contributed by atoms with Crippen LogP contribution in [0.2, 0.25) is 0 Å². The summed E-state index contributed by atoms with van der Waals surface area (Å²) in [5, 5.41) is 0. The molecule has 2 N–H and O–H groups in total. The van der Waals surface area contributed by atoms with Crippen LogP contribution in [0.3, 0.4) is 0 Å². The molecule has 1 unspecified atom stereocenters. The molecule has 1 aromatic rings. The van der Waals surface area contributed by atoms with Gasteiger partial charge in [-0.05, 0) is 56.3 Å². The Balaban J connectivity index is 2.23. The van der Waals surface area contributed by atoms with Gasteiger partial charge in [-0.1, -0.05) is 12.1 Å². The molecule has 1 atom stereocenters. The summed E-state index contributed by atoms with van der Waals surface area (Å²) in [6, 6.07) is 6.48. The Morgan fingerprint density at radius 2 is 2.33 bits per heavy atom. The first-order valence-electron chi connectivity index (χ1n) is 5.78. The zero-order valence-corrected chi connectivity index (χ0v) is 9.33. The Bertz CT molecular complexity index is 335. The van der Waals surface area contributed by atoms with E-state index in [1.165, 1.54) is 17.5 Å². The number of benzene rings is 1. The van der Waals surface area contributed by atoms with E-state index < -0.39 is 0 Å². The van der Waals surface area contributed by atoms with Crippen LogP contribution in [0.1, 0.15) is 30.9 Å². The fraction of sp³-hybridized carbons (Fsp3) is 0.538. The molecule has 2 heteroatoms. The number of hydrogen-bond acceptors (Lipinski definition) is 2. The van der Waals surface area contributed by atoms with Crippen LogP contribution in [0, 0.1) is 0 Å². The van der Waals surface area contributed by atoms with Gasteiger partial charge >= 0.3 is 0 Å². The van der Waals surface area contributed by atoms with Crippen molar-refractivity contribution in [3.05, 3.63) is 29.3 Å². The summed E-state index contributed by atoms with van der Waals surface area (Å²) in [6.07, 6.45) is 4.83. The Morgan fingerprint density at radius 1 is 1.47 bits per heavy atom. The van der Waals surface area contributed by atoms with Crippen molar-refractivity contribution in [3.63, 3.8) is 0 Å². The van der Waals surface area contributed by atoms with E-state index in [-0.39, 0.29) is 0 Å². The van der Waals surface area contributed by atoms with Crippen molar-refractivity contribution < 1.29 is 4.74 Å². The van der Waals surface area contributed by atoms with Crippen molar-refractivity contribution in [2.45, 2.75) is 38.7 Å². The molecule has 82 valence electrons. The third-order valence-corrected chi connectivity index (χ3v) is 2.94. The zero-order chi connectivity index (χ0) is 10.7. The van der Waals surface area contributed by atoms with Gasteiger partial charge in [-0.2, -0.15) is 0 Å². The Kier molecular flexibility index (Phi) is 3.27. The standard InChI is InChI=1S/C13H19NO/c1-10-3-2-4-12-9-11(7-8-14)5-6-13(12)15-10/h5-6,9-10H,2-4,7-8,14H2,1H3. The van der Waals surface area contributed by atoms with E-state index in [0.29, 0.717) is 6.10 Å². The predicted octanol–water partition coefficient (Wildman–Crippen LogP) is 2.29. The lowest BCUT2D eigenvalue weighted by Crippen LogP contribution is -2.09. The fourth-order valence-corrected chi connectivity index (χ4v) is 2.12. The summed E-state index contributed by atoms with van der Waals surface area (Å²) in [6.45, 7) is 2.86. The van der Waals surface area contributed by atoms with Gasteiger partial charge in [-0.15, -0.1) is 0 Å². The van der Waals surface area contributed by atoms with Gasteiger partial charge in [0.1, 0.15) is 5.75 Å². The van der Waals surface area contributed by atoms with Crippen molar-refractivity contribution >= 4 is 0 Å². The number of nitrogens with two attached hydrogens (primary N) is 1. The quantitative estimate of drug-likeness (QED) is 0.804. The van der Waals surface area contributed by atoms with E-state index in [1.54, 1.807) is 0 Å². The van der Waals surface area contributed by atoms with Gasteiger partial charge in [0.2, 0.25) is 0 Å². The van der Waals surface area contributed by atoms with Crippen LogP contribution < -0.4 is 10.5 Å². The van der Waals surface area contributed by atoms with Gasteiger partial charge < -0.3 is 10.5 Å². The van der Waals surface area contributed by atoms with Crippen LogP contribution in [0.5, 0.6) is 5.75 Å². The molecule has 1 aliphatic rings. The number of aryl methyl sites for hydroxylation is 1. The molecule has 0 fully saturated rings. The van der Waals surface area contributed by atoms with Crippen LogP contribution in [0.25, 0.3) is 0 Å². The molecule has 0 amide bonds. The second kappa shape index (κ2) is 4.67. The second-order valence-corrected chi connectivity index (χ2v) is 4.30. The molecule has 2 nitrogen and oxygen atoms in total. The predicted molar refractivity (Wildman–Crippen MR) is 62.2 cm³/mol. The molecule has 1 aliphatic heterocycles. The highest BCUT2D eigenvalue weighted by Gasteiger charge is 2.13. The van der Waals surface area contributed by atoms with Gasteiger partial charge in [-0.3, -0.25) is 0 Å². The molecule has 2 rings (SSSR count). The largest absolute Gasteiger partial charge is 0.490 e. The van der Waals surface area contributed by atoms with E-state index in [2.05, 4.69) is 25.1 Å². The minimum Gasteiger partial charge on any atom is -0.490 e. The third-order valence-electron chi connectivity index (χ3n) is 2.94. The maximum atomic E-state index is 5.86. The zero-order valence-electron chi connectivity index (χ0n) is 9.33. The highest BCUT2D eigenvalue weighted by Crippen LogP contribution is 2.27. The molecule has 0 saturated carbocycles.